The van der Waals surface area contributed by atoms with Gasteiger partial charge in [-0.15, -0.1) is 11.3 Å². The molecule has 0 bridgehead atoms. The molecule has 0 aliphatic heterocycles. The van der Waals surface area contributed by atoms with E-state index < -0.39 is 5.97 Å². The minimum absolute atomic E-state index is 0.151. The molecule has 21 heavy (non-hydrogen) atoms. The van der Waals surface area contributed by atoms with E-state index in [1.165, 1.54) is 12.1 Å². The molecule has 1 heterocycles. The SMILES string of the molecule is CCOC(=O)c1sc(Cc2ccc(F)cc2)c(C#N)c1N. The molecule has 2 rings (SSSR count). The van der Waals surface area contributed by atoms with Crippen molar-refractivity contribution >= 4 is 23.0 Å². The molecule has 4 nitrogen and oxygen atoms in total. The van der Waals surface area contributed by atoms with Gasteiger partial charge < -0.3 is 10.5 Å². The van der Waals surface area contributed by atoms with Gasteiger partial charge in [-0.1, -0.05) is 12.1 Å². The van der Waals surface area contributed by atoms with Crippen molar-refractivity contribution in [1.29, 1.82) is 5.26 Å². The molecular weight excluding hydrogens is 291 g/mol. The minimum Gasteiger partial charge on any atom is -0.462 e. The number of esters is 1. The van der Waals surface area contributed by atoms with E-state index in [9.17, 15) is 14.4 Å². The van der Waals surface area contributed by atoms with Crippen LogP contribution in [0.3, 0.4) is 0 Å². The summed E-state index contributed by atoms with van der Waals surface area (Å²) in [4.78, 5) is 12.7. The number of nitrogen functional groups attached to an aromatic ring is 1. The van der Waals surface area contributed by atoms with Crippen LogP contribution in [0.2, 0.25) is 0 Å². The van der Waals surface area contributed by atoms with Gasteiger partial charge in [0, 0.05) is 11.3 Å². The molecule has 0 unspecified atom stereocenters. The summed E-state index contributed by atoms with van der Waals surface area (Å²) in [7, 11) is 0. The third-order valence-corrected chi connectivity index (χ3v) is 4.05. The Hall–Kier alpha value is -2.39. The Morgan fingerprint density at radius 2 is 2.10 bits per heavy atom. The Labute approximate surface area is 125 Å². The van der Waals surface area contributed by atoms with Crippen molar-refractivity contribution in [2.45, 2.75) is 13.3 Å². The van der Waals surface area contributed by atoms with Crippen LogP contribution in [-0.2, 0) is 11.2 Å². The maximum Gasteiger partial charge on any atom is 0.350 e. The highest BCUT2D eigenvalue weighted by atomic mass is 32.1. The molecule has 2 N–H and O–H groups in total. The predicted molar refractivity (Wildman–Crippen MR) is 78.6 cm³/mol. The number of hydrogen-bond donors (Lipinski definition) is 1. The van der Waals surface area contributed by atoms with Crippen LogP contribution in [0.1, 0.15) is 32.6 Å². The van der Waals surface area contributed by atoms with E-state index in [-0.39, 0.29) is 28.6 Å². The molecule has 2 aromatic rings. The maximum absolute atomic E-state index is 12.9. The van der Waals surface area contributed by atoms with Crippen LogP contribution in [0.15, 0.2) is 24.3 Å². The lowest BCUT2D eigenvalue weighted by atomic mass is 10.1. The van der Waals surface area contributed by atoms with E-state index in [1.807, 2.05) is 6.07 Å². The summed E-state index contributed by atoms with van der Waals surface area (Å²) in [5.41, 5.74) is 7.12. The number of benzene rings is 1. The molecule has 108 valence electrons. The van der Waals surface area contributed by atoms with Crippen LogP contribution in [-0.4, -0.2) is 12.6 Å². The normalized spacial score (nSPS) is 10.1. The van der Waals surface area contributed by atoms with Crippen molar-refractivity contribution in [3.8, 4) is 6.07 Å². The molecule has 0 saturated carbocycles. The standard InChI is InChI=1S/C15H13FN2O2S/c1-2-20-15(19)14-13(18)11(8-17)12(21-14)7-9-3-5-10(16)6-4-9/h3-6H,2,7,18H2,1H3. The summed E-state index contributed by atoms with van der Waals surface area (Å²) in [5, 5.41) is 9.21. The first-order valence-corrected chi connectivity index (χ1v) is 7.11. The summed E-state index contributed by atoms with van der Waals surface area (Å²) in [5.74, 6) is -0.848. The lowest BCUT2D eigenvalue weighted by Crippen LogP contribution is -2.05. The van der Waals surface area contributed by atoms with Gasteiger partial charge in [-0.2, -0.15) is 5.26 Å². The molecule has 6 heteroatoms. The van der Waals surface area contributed by atoms with Crippen molar-refractivity contribution in [1.82, 2.24) is 0 Å². The fraction of sp³-hybridized carbons (Fsp3) is 0.200. The monoisotopic (exact) mass is 304 g/mol. The number of rotatable bonds is 4. The van der Waals surface area contributed by atoms with Gasteiger partial charge in [-0.3, -0.25) is 0 Å². The largest absolute Gasteiger partial charge is 0.462 e. The van der Waals surface area contributed by atoms with Crippen LogP contribution < -0.4 is 5.73 Å². The number of ether oxygens (including phenoxy) is 1. The molecule has 1 aromatic heterocycles. The number of carbonyl (C=O) groups excluding carboxylic acids is 1. The third-order valence-electron chi connectivity index (χ3n) is 2.87. The van der Waals surface area contributed by atoms with E-state index in [2.05, 4.69) is 0 Å². The van der Waals surface area contributed by atoms with Gasteiger partial charge in [0.1, 0.15) is 16.8 Å². The maximum atomic E-state index is 12.9. The summed E-state index contributed by atoms with van der Waals surface area (Å²) in [6.07, 6.45) is 0.414. The number of nitrogens with two attached hydrogens (primary N) is 1. The van der Waals surface area contributed by atoms with E-state index in [0.717, 1.165) is 16.9 Å². The number of anilines is 1. The Bertz CT molecular complexity index is 702. The summed E-state index contributed by atoms with van der Waals surface area (Å²) >= 11 is 1.14. The van der Waals surface area contributed by atoms with Crippen LogP contribution >= 0.6 is 11.3 Å². The number of halogens is 1. The van der Waals surface area contributed by atoms with E-state index in [0.29, 0.717) is 11.3 Å². The van der Waals surface area contributed by atoms with E-state index in [4.69, 9.17) is 10.5 Å². The van der Waals surface area contributed by atoms with Crippen molar-refractivity contribution in [3.63, 3.8) is 0 Å². The molecule has 0 aliphatic carbocycles. The molecule has 0 saturated heterocycles. The number of nitriles is 1. The van der Waals surface area contributed by atoms with Gasteiger partial charge in [0.25, 0.3) is 0 Å². The van der Waals surface area contributed by atoms with Crippen molar-refractivity contribution in [2.24, 2.45) is 0 Å². The Kier molecular flexibility index (Phi) is 4.55. The summed E-state index contributed by atoms with van der Waals surface area (Å²) < 4.78 is 17.8. The fourth-order valence-corrected chi connectivity index (χ4v) is 2.97. The fourth-order valence-electron chi connectivity index (χ4n) is 1.88. The first-order chi connectivity index (χ1) is 10.1. The van der Waals surface area contributed by atoms with Crippen LogP contribution in [0, 0.1) is 17.1 Å². The zero-order chi connectivity index (χ0) is 15.4. The zero-order valence-corrected chi connectivity index (χ0v) is 12.2. The second-order valence-corrected chi connectivity index (χ2v) is 5.38. The third kappa shape index (κ3) is 3.20. The van der Waals surface area contributed by atoms with Gasteiger partial charge in [0.15, 0.2) is 0 Å². The molecular formula is C15H13FN2O2S. The second-order valence-electron chi connectivity index (χ2n) is 4.28. The zero-order valence-electron chi connectivity index (χ0n) is 11.4. The number of hydrogen-bond acceptors (Lipinski definition) is 5. The molecule has 0 amide bonds. The van der Waals surface area contributed by atoms with Crippen LogP contribution in [0.5, 0.6) is 0 Å². The highest BCUT2D eigenvalue weighted by Crippen LogP contribution is 2.32. The second kappa shape index (κ2) is 6.37. The highest BCUT2D eigenvalue weighted by Gasteiger charge is 2.21. The number of nitrogens with zero attached hydrogens (tertiary/aromatic N) is 1. The lowest BCUT2D eigenvalue weighted by molar-refractivity contribution is 0.0533. The minimum atomic E-state index is -0.526. The highest BCUT2D eigenvalue weighted by molar-refractivity contribution is 7.14. The van der Waals surface area contributed by atoms with Gasteiger partial charge in [0.2, 0.25) is 0 Å². The Morgan fingerprint density at radius 3 is 2.67 bits per heavy atom. The first kappa shape index (κ1) is 15.0. The van der Waals surface area contributed by atoms with Gasteiger partial charge >= 0.3 is 5.97 Å². The van der Waals surface area contributed by atoms with E-state index in [1.54, 1.807) is 19.1 Å². The molecule has 0 spiro atoms. The molecule has 0 aliphatic rings. The molecule has 0 fully saturated rings. The van der Waals surface area contributed by atoms with Crippen LogP contribution in [0.4, 0.5) is 10.1 Å². The van der Waals surface area contributed by atoms with Crippen molar-refractivity contribution in [2.75, 3.05) is 12.3 Å². The lowest BCUT2D eigenvalue weighted by Gasteiger charge is -1.99. The molecule has 0 radical (unpaired) electrons. The topological polar surface area (TPSA) is 76.1 Å². The summed E-state index contributed by atoms with van der Waals surface area (Å²) in [6.45, 7) is 1.94. The van der Waals surface area contributed by atoms with Gasteiger partial charge in [-0.05, 0) is 24.6 Å². The quantitative estimate of drug-likeness (QED) is 0.881. The van der Waals surface area contributed by atoms with Crippen molar-refractivity contribution < 1.29 is 13.9 Å². The average Bonchev–Trinajstić information content (AvgIpc) is 2.78. The number of thiophene rings is 1. The smallest absolute Gasteiger partial charge is 0.350 e. The summed E-state index contributed by atoms with van der Waals surface area (Å²) in [6, 6.07) is 7.99. The average molecular weight is 304 g/mol. The Balaban J connectivity index is 2.35. The molecule has 0 atom stereocenters. The van der Waals surface area contributed by atoms with E-state index >= 15 is 0 Å². The van der Waals surface area contributed by atoms with Crippen LogP contribution in [0.25, 0.3) is 0 Å². The van der Waals surface area contributed by atoms with Gasteiger partial charge in [0.05, 0.1) is 17.9 Å². The van der Waals surface area contributed by atoms with Crippen molar-refractivity contribution in [3.05, 3.63) is 51.0 Å². The molecule has 1 aromatic carbocycles. The predicted octanol–water partition coefficient (Wildman–Crippen LogP) is 3.11. The number of carbonyl (C=O) groups is 1. The van der Waals surface area contributed by atoms with Gasteiger partial charge in [-0.25, -0.2) is 9.18 Å². The first-order valence-electron chi connectivity index (χ1n) is 6.29. The Morgan fingerprint density at radius 1 is 1.43 bits per heavy atom.